The molecule has 0 saturated carbocycles. The van der Waals surface area contributed by atoms with Crippen LogP contribution < -0.4 is 4.72 Å². The van der Waals surface area contributed by atoms with E-state index < -0.39 is 10.0 Å². The van der Waals surface area contributed by atoms with E-state index in [1.54, 1.807) is 48.4 Å². The monoisotopic (exact) mass is 308 g/mol. The molecule has 0 amide bonds. The smallest absolute Gasteiger partial charge is 0.240 e. The van der Waals surface area contributed by atoms with Gasteiger partial charge in [-0.15, -0.1) is 0 Å². The number of aromatic nitrogens is 1. The Morgan fingerprint density at radius 3 is 2.70 bits per heavy atom. The summed E-state index contributed by atoms with van der Waals surface area (Å²) in [6.07, 6.45) is 5.29. The van der Waals surface area contributed by atoms with Crippen LogP contribution >= 0.6 is 11.8 Å². The number of benzene rings is 1. The van der Waals surface area contributed by atoms with E-state index in [-0.39, 0.29) is 6.54 Å². The zero-order valence-corrected chi connectivity index (χ0v) is 12.7. The van der Waals surface area contributed by atoms with Crippen LogP contribution in [-0.4, -0.2) is 19.7 Å². The van der Waals surface area contributed by atoms with Crippen molar-refractivity contribution in [3.05, 3.63) is 59.9 Å². The van der Waals surface area contributed by atoms with Crippen LogP contribution in [0.25, 0.3) is 0 Å². The van der Waals surface area contributed by atoms with Crippen molar-refractivity contribution in [3.8, 4) is 0 Å². The zero-order valence-electron chi connectivity index (χ0n) is 11.1. The molecule has 0 unspecified atom stereocenters. The first-order chi connectivity index (χ1) is 9.62. The molecule has 2 rings (SSSR count). The molecule has 4 nitrogen and oxygen atoms in total. The third-order valence-corrected chi connectivity index (χ3v) is 4.73. The number of hydrogen-bond donors (Lipinski definition) is 1. The minimum atomic E-state index is -3.49. The van der Waals surface area contributed by atoms with Gasteiger partial charge in [-0.2, -0.15) is 11.8 Å². The van der Waals surface area contributed by atoms with E-state index in [4.69, 9.17) is 0 Å². The lowest BCUT2D eigenvalue weighted by Gasteiger charge is -2.08. The molecule has 20 heavy (non-hydrogen) atoms. The lowest BCUT2D eigenvalue weighted by molar-refractivity contribution is 0.581. The molecule has 0 bridgehead atoms. The van der Waals surface area contributed by atoms with Crippen LogP contribution in [0.3, 0.4) is 0 Å². The minimum absolute atomic E-state index is 0.239. The second kappa shape index (κ2) is 6.88. The third kappa shape index (κ3) is 4.06. The van der Waals surface area contributed by atoms with E-state index in [1.165, 1.54) is 0 Å². The molecule has 6 heteroatoms. The molecule has 2 aromatic rings. The normalized spacial score (nSPS) is 11.4. The number of nitrogens with one attached hydrogen (secondary N) is 1. The number of thioether (sulfide) groups is 1. The Kier molecular flexibility index (Phi) is 5.17. The van der Waals surface area contributed by atoms with Gasteiger partial charge in [-0.3, -0.25) is 4.98 Å². The fraction of sp³-hybridized carbons (Fsp3) is 0.214. The van der Waals surface area contributed by atoms with Gasteiger partial charge in [0.25, 0.3) is 0 Å². The number of rotatable bonds is 6. The first-order valence-corrected chi connectivity index (χ1v) is 8.96. The van der Waals surface area contributed by atoms with Crippen molar-refractivity contribution in [2.45, 2.75) is 17.2 Å². The summed E-state index contributed by atoms with van der Waals surface area (Å²) in [6, 6.07) is 10.6. The van der Waals surface area contributed by atoms with E-state index in [0.717, 1.165) is 16.9 Å². The quantitative estimate of drug-likeness (QED) is 0.890. The Morgan fingerprint density at radius 1 is 1.20 bits per heavy atom. The van der Waals surface area contributed by atoms with E-state index in [2.05, 4.69) is 9.71 Å². The van der Waals surface area contributed by atoms with E-state index in [0.29, 0.717) is 4.90 Å². The Morgan fingerprint density at radius 2 is 2.00 bits per heavy atom. The lowest BCUT2D eigenvalue weighted by Crippen LogP contribution is -2.23. The van der Waals surface area contributed by atoms with Crippen molar-refractivity contribution in [2.24, 2.45) is 0 Å². The molecule has 1 aromatic carbocycles. The molecule has 0 aliphatic rings. The van der Waals surface area contributed by atoms with Crippen LogP contribution in [0, 0.1) is 0 Å². The van der Waals surface area contributed by atoms with Crippen LogP contribution in [0.4, 0.5) is 0 Å². The summed E-state index contributed by atoms with van der Waals surface area (Å²) >= 11 is 1.66. The molecule has 1 N–H and O–H groups in total. The van der Waals surface area contributed by atoms with Crippen LogP contribution in [0.5, 0.6) is 0 Å². The highest BCUT2D eigenvalue weighted by molar-refractivity contribution is 7.97. The van der Waals surface area contributed by atoms with Crippen molar-refractivity contribution in [1.29, 1.82) is 0 Å². The first kappa shape index (κ1) is 15.0. The van der Waals surface area contributed by atoms with Gasteiger partial charge in [-0.25, -0.2) is 13.1 Å². The van der Waals surface area contributed by atoms with Crippen molar-refractivity contribution in [2.75, 3.05) is 6.26 Å². The van der Waals surface area contributed by atoms with Crippen molar-refractivity contribution in [1.82, 2.24) is 9.71 Å². The van der Waals surface area contributed by atoms with E-state index in [1.807, 2.05) is 18.4 Å². The Labute approximate surface area is 123 Å². The first-order valence-electron chi connectivity index (χ1n) is 6.08. The highest BCUT2D eigenvalue weighted by Gasteiger charge is 2.13. The summed E-state index contributed by atoms with van der Waals surface area (Å²) in [5.74, 6) is 0.798. The standard InChI is InChI=1S/C14H16N2O2S2/c1-19-11-12-4-2-6-14(8-12)20(17,18)16-10-13-5-3-7-15-9-13/h2-9,16H,10-11H2,1H3. The maximum Gasteiger partial charge on any atom is 0.240 e. The number of pyridine rings is 1. The summed E-state index contributed by atoms with van der Waals surface area (Å²) in [7, 11) is -3.49. The number of nitrogens with zero attached hydrogens (tertiary/aromatic N) is 1. The molecule has 0 saturated heterocycles. The van der Waals surface area contributed by atoms with Gasteiger partial charge >= 0.3 is 0 Å². The van der Waals surface area contributed by atoms with Crippen LogP contribution in [0.1, 0.15) is 11.1 Å². The largest absolute Gasteiger partial charge is 0.264 e. The molecule has 106 valence electrons. The summed E-state index contributed by atoms with van der Waals surface area (Å²) in [4.78, 5) is 4.26. The Balaban J connectivity index is 2.12. The highest BCUT2D eigenvalue weighted by Crippen LogP contribution is 2.15. The van der Waals surface area contributed by atoms with Crippen molar-refractivity contribution < 1.29 is 8.42 Å². The predicted molar refractivity (Wildman–Crippen MR) is 81.9 cm³/mol. The van der Waals surface area contributed by atoms with Crippen LogP contribution in [0.2, 0.25) is 0 Å². The Bertz CT molecular complexity index is 658. The molecule has 0 spiro atoms. The summed E-state index contributed by atoms with van der Waals surface area (Å²) in [6.45, 7) is 0.239. The maximum absolute atomic E-state index is 12.2. The van der Waals surface area contributed by atoms with Crippen LogP contribution in [-0.2, 0) is 22.3 Å². The van der Waals surface area contributed by atoms with Gasteiger partial charge in [0.1, 0.15) is 0 Å². The summed E-state index contributed by atoms with van der Waals surface area (Å²) in [5, 5.41) is 0. The predicted octanol–water partition coefficient (Wildman–Crippen LogP) is 2.42. The average molecular weight is 308 g/mol. The van der Waals surface area contributed by atoms with Gasteiger partial charge in [-0.05, 0) is 35.6 Å². The molecule has 0 aliphatic carbocycles. The average Bonchev–Trinajstić information content (AvgIpc) is 2.47. The maximum atomic E-state index is 12.2. The summed E-state index contributed by atoms with van der Waals surface area (Å²) in [5.41, 5.74) is 1.83. The van der Waals surface area contributed by atoms with Gasteiger partial charge < -0.3 is 0 Å². The van der Waals surface area contributed by atoms with Gasteiger partial charge in [0, 0.05) is 24.7 Å². The number of hydrogen-bond acceptors (Lipinski definition) is 4. The van der Waals surface area contributed by atoms with Crippen molar-refractivity contribution in [3.63, 3.8) is 0 Å². The second-order valence-corrected chi connectivity index (χ2v) is 6.90. The molecular formula is C14H16N2O2S2. The van der Waals surface area contributed by atoms with Gasteiger partial charge in [0.05, 0.1) is 4.90 Å². The van der Waals surface area contributed by atoms with Gasteiger partial charge in [0.15, 0.2) is 0 Å². The molecule has 1 aromatic heterocycles. The molecule has 0 radical (unpaired) electrons. The highest BCUT2D eigenvalue weighted by atomic mass is 32.2. The summed E-state index contributed by atoms with van der Waals surface area (Å²) < 4.78 is 27.0. The molecule has 1 heterocycles. The number of sulfonamides is 1. The lowest BCUT2D eigenvalue weighted by atomic mass is 10.2. The van der Waals surface area contributed by atoms with Crippen LogP contribution in [0.15, 0.2) is 53.7 Å². The topological polar surface area (TPSA) is 59.1 Å². The SMILES string of the molecule is CSCc1cccc(S(=O)(=O)NCc2cccnc2)c1. The fourth-order valence-electron chi connectivity index (χ4n) is 1.73. The van der Waals surface area contributed by atoms with E-state index >= 15 is 0 Å². The third-order valence-electron chi connectivity index (χ3n) is 2.71. The minimum Gasteiger partial charge on any atom is -0.264 e. The fourth-order valence-corrected chi connectivity index (χ4v) is 3.33. The molecule has 0 aliphatic heterocycles. The zero-order chi connectivity index (χ0) is 14.4. The molecule has 0 fully saturated rings. The molecular weight excluding hydrogens is 292 g/mol. The van der Waals surface area contributed by atoms with Gasteiger partial charge in [-0.1, -0.05) is 18.2 Å². The Hall–Kier alpha value is -1.37. The molecule has 0 atom stereocenters. The second-order valence-electron chi connectivity index (χ2n) is 4.27. The van der Waals surface area contributed by atoms with E-state index in [9.17, 15) is 8.42 Å². The van der Waals surface area contributed by atoms with Gasteiger partial charge in [0.2, 0.25) is 10.0 Å². The van der Waals surface area contributed by atoms with Crippen molar-refractivity contribution >= 4 is 21.8 Å².